The molecule has 0 amide bonds. The molecule has 20 heterocycles. The maximum absolute atomic E-state index is 8.76. The molecule has 0 bridgehead atoms. The number of hydrogen-bond acceptors (Lipinski definition) is 27. The molecular weight excluding hydrogens is 1640 g/mol. The largest absolute Gasteiger partial charge is 0.435 e. The summed E-state index contributed by atoms with van der Waals surface area (Å²) in [5.74, 6) is 4.01. The molecule has 0 fully saturated rings. The highest BCUT2D eigenvalue weighted by Gasteiger charge is 2.44. The molecule has 0 saturated carbocycles. The quantitative estimate of drug-likeness (QED) is 0.137. The fraction of sp³-hybridized carbons (Fsp3) is 0.250. The first-order valence-corrected chi connectivity index (χ1v) is 43.4. The van der Waals surface area contributed by atoms with Crippen LogP contribution in [0.25, 0.3) is 110 Å². The Kier molecular flexibility index (Phi) is 17.2. The van der Waals surface area contributed by atoms with E-state index in [0.29, 0.717) is 74.4 Å². The second kappa shape index (κ2) is 32.3. The Hall–Kier alpha value is -15.5. The number of anilines is 15. The summed E-state index contributed by atoms with van der Waals surface area (Å²) >= 11 is 0. The van der Waals surface area contributed by atoms with Gasteiger partial charge in [-0.1, -0.05) is 60.7 Å². The first kappa shape index (κ1) is 69.6. The number of nitrogens with zero attached hydrogens (tertiary/aromatic N) is 22. The Morgan fingerprint density at radius 2 is 0.496 bits per heavy atom. The third-order valence-corrected chi connectivity index (χ3v) is 25.2. The van der Waals surface area contributed by atoms with Gasteiger partial charge in [-0.15, -0.1) is 0 Å². The van der Waals surface area contributed by atoms with Crippen molar-refractivity contribution in [3.8, 4) is 0 Å². The maximum Gasteiger partial charge on any atom is 0.227 e. The van der Waals surface area contributed by atoms with Gasteiger partial charge in [0.15, 0.2) is 68.6 Å². The zero-order chi connectivity index (χ0) is 101. The topological polar surface area (TPSA) is 253 Å². The van der Waals surface area contributed by atoms with Gasteiger partial charge in [-0.3, -0.25) is 9.80 Å². The molecule has 6 unspecified atom stereocenters. The van der Waals surface area contributed by atoms with Gasteiger partial charge in [0.25, 0.3) is 0 Å². The Morgan fingerprint density at radius 3 is 0.840 bits per heavy atom. The summed E-state index contributed by atoms with van der Waals surface area (Å²) in [6.45, 7) is 21.6. The smallest absolute Gasteiger partial charge is 0.227 e. The normalized spacial score (nSPS) is 19.0. The van der Waals surface area contributed by atoms with Crippen LogP contribution in [0.2, 0.25) is 0 Å². The Balaban J connectivity index is 0.000000106. The van der Waals surface area contributed by atoms with Gasteiger partial charge in [0.1, 0.15) is 30.8 Å². The van der Waals surface area contributed by atoms with Crippen molar-refractivity contribution >= 4 is 197 Å². The number of furan rings is 5. The van der Waals surface area contributed by atoms with E-state index < -0.39 is 57.4 Å². The molecule has 0 N–H and O–H groups in total. The van der Waals surface area contributed by atoms with Crippen molar-refractivity contribution in [3.05, 3.63) is 260 Å². The molecule has 0 radical (unpaired) electrons. The van der Waals surface area contributed by atoms with E-state index in [2.05, 4.69) is 128 Å². The Bertz CT molecular complexity index is 7660. The molecule has 656 valence electrons. The summed E-state index contributed by atoms with van der Waals surface area (Å²) < 4.78 is 129. The van der Waals surface area contributed by atoms with E-state index in [1.54, 1.807) is 73.1 Å². The summed E-state index contributed by atoms with van der Waals surface area (Å²) in [4.78, 5) is 71.7. The standard InChI is InChI=1S/2C22H22N4O.C21H21N5O.C20H18N4O.C19H17N5O/c2*1-13(2)25-15(4)26(18-8-6-11-23-21(18)25)19-14(3)9-10-16-17-7-5-12-24-22(17)27-20(16)19;1-12(2)25-14(4)26(20-19(25)22-10-11-23-20)17-13(3)7-8-15-16-6-5-9-24-21(16)27-18(15)17;1-12-8-9-14-15-6-4-11-22-20(15)25-18(14)17(12)24-13(2)23(3)19-16(24)7-5-10-21-19;1-11-6-7-13-14-5-4-8-22-19(14)25-16(13)15(11)24-12(2)23(3)17-18(24)21-10-9-20-17/h2*5-13,15H,1-4H3;5-12,14H,1-4H3;4-11,13H,1-3H3;4-10,12H,1-3H3/i1D3,13D;13D;12D;2*3D3. The van der Waals surface area contributed by atoms with Gasteiger partial charge in [0.05, 0.1) is 49.6 Å². The second-order valence-corrected chi connectivity index (χ2v) is 33.6. The molecule has 15 aromatic heterocycles. The lowest BCUT2D eigenvalue weighted by atomic mass is 10.1. The minimum atomic E-state index is -2.53. The second-order valence-electron chi connectivity index (χ2n) is 33.6. The third-order valence-electron chi connectivity index (χ3n) is 25.2. The first-order valence-electron chi connectivity index (χ1n) is 49.4. The number of hydrogen-bond donors (Lipinski definition) is 0. The van der Waals surface area contributed by atoms with Crippen molar-refractivity contribution in [3.63, 3.8) is 0 Å². The third kappa shape index (κ3) is 13.2. The zero-order valence-corrected chi connectivity index (χ0v) is 74.7. The van der Waals surface area contributed by atoms with Crippen molar-refractivity contribution in [1.82, 2.24) is 59.8 Å². The molecule has 0 aliphatic carbocycles. The lowest BCUT2D eigenvalue weighted by Crippen LogP contribution is -2.42. The maximum atomic E-state index is 8.76. The van der Waals surface area contributed by atoms with Crippen LogP contribution in [0.15, 0.2) is 254 Å². The van der Waals surface area contributed by atoms with Crippen LogP contribution in [0.5, 0.6) is 0 Å². The van der Waals surface area contributed by atoms with E-state index >= 15 is 0 Å². The Morgan fingerprint density at radius 1 is 0.252 bits per heavy atom. The molecule has 131 heavy (non-hydrogen) atoms. The monoisotopic (exact) mass is 1750 g/mol. The van der Waals surface area contributed by atoms with Crippen LogP contribution in [-0.2, 0) is 0 Å². The predicted octanol–water partition coefficient (Wildman–Crippen LogP) is 24.2. The van der Waals surface area contributed by atoms with Crippen LogP contribution in [0.1, 0.15) is 120 Å². The van der Waals surface area contributed by atoms with Crippen molar-refractivity contribution in [2.45, 2.75) is 160 Å². The molecule has 27 nitrogen and oxygen atoms in total. The van der Waals surface area contributed by atoms with Gasteiger partial charge in [-0.2, -0.15) is 0 Å². The lowest BCUT2D eigenvalue weighted by molar-refractivity contribution is 0.597. The summed E-state index contributed by atoms with van der Waals surface area (Å²) in [5.41, 5.74) is 18.5. The van der Waals surface area contributed by atoms with Gasteiger partial charge in [-0.25, -0.2) is 59.8 Å². The van der Waals surface area contributed by atoms with Gasteiger partial charge >= 0.3 is 0 Å². The fourth-order valence-corrected chi connectivity index (χ4v) is 19.4. The van der Waals surface area contributed by atoms with Crippen molar-refractivity contribution in [2.24, 2.45) is 0 Å². The average molecular weight is 1750 g/mol. The summed E-state index contributed by atoms with van der Waals surface area (Å²) in [7, 11) is 0. The van der Waals surface area contributed by atoms with E-state index in [0.717, 1.165) is 150 Å². The van der Waals surface area contributed by atoms with Gasteiger partial charge in [0.2, 0.25) is 28.6 Å². The number of fused-ring (bicyclic) bond motifs is 20. The molecule has 0 spiro atoms. The van der Waals surface area contributed by atoms with Crippen LogP contribution in [-0.4, -0.2) is 123 Å². The van der Waals surface area contributed by atoms with Crippen LogP contribution < -0.4 is 49.0 Å². The van der Waals surface area contributed by atoms with E-state index in [9.17, 15) is 0 Å². The van der Waals surface area contributed by atoms with E-state index in [4.69, 9.17) is 38.5 Å². The molecule has 25 rings (SSSR count). The summed E-state index contributed by atoms with van der Waals surface area (Å²) in [6.07, 6.45) is 18.4. The van der Waals surface area contributed by atoms with Crippen molar-refractivity contribution < 1.29 is 38.5 Å². The number of benzene rings is 5. The SMILES string of the molecule is [2H]C(C)(C)N1c2ncccc2N(c2c(C)ccc3c2oc2ncccc23)C1C.[2H]C(C)(C)N1c2nccnc2N(c2c(C)ccc3c2oc2ncccc23)C1C.[2H]C([2H])([2H])C([2H])(C)N1c2ncccc2N(c2c(C)ccc3c2oc2ncccc23)C1C.[2H]C([2H])([2H])N1c2ncccc2N(c2c(C)ccc3c2oc2ncccc23)C1C.[2H]C([2H])([2H])N1c2nccnc2N(c2c(C)ccc3c2oc2ncccc23)C1C. The minimum absolute atomic E-state index is 0.0807. The van der Waals surface area contributed by atoms with E-state index in [1.165, 1.54) is 22.9 Å². The van der Waals surface area contributed by atoms with Crippen LogP contribution in [0, 0.1) is 34.6 Å². The van der Waals surface area contributed by atoms with Crippen LogP contribution in [0.4, 0.5) is 86.2 Å². The molecule has 5 aromatic carbocycles. The van der Waals surface area contributed by atoms with Crippen LogP contribution in [0.3, 0.4) is 0 Å². The highest BCUT2D eigenvalue weighted by molar-refractivity contribution is 6.15. The molecule has 5 aliphatic heterocycles. The highest BCUT2D eigenvalue weighted by Crippen LogP contribution is 2.54. The number of aromatic nitrogens is 12. The number of aryl methyl sites for hydroxylation is 5. The number of pyridine rings is 8. The lowest BCUT2D eigenvalue weighted by Gasteiger charge is -2.33. The first-order chi connectivity index (χ1) is 68.1. The molecule has 6 atom stereocenters. The number of rotatable bonds is 8. The highest BCUT2D eigenvalue weighted by atomic mass is 16.4. The summed E-state index contributed by atoms with van der Waals surface area (Å²) in [5, 5.41) is 9.64. The van der Waals surface area contributed by atoms with Gasteiger partial charge in [0, 0.05) is 173 Å². The van der Waals surface area contributed by atoms with Gasteiger partial charge in [-0.05, 0) is 236 Å². The van der Waals surface area contributed by atoms with E-state index in [-0.39, 0.29) is 12.3 Å². The van der Waals surface area contributed by atoms with Gasteiger partial charge < -0.3 is 61.3 Å². The van der Waals surface area contributed by atoms with E-state index in [1.807, 2.05) is 221 Å². The molecule has 0 saturated heterocycles. The molecule has 5 aliphatic rings. The average Bonchev–Trinajstić information content (AvgIpc) is 1.57. The summed E-state index contributed by atoms with van der Waals surface area (Å²) in [6, 6.07) is 47.8. The van der Waals surface area contributed by atoms with Crippen molar-refractivity contribution in [2.75, 3.05) is 63.0 Å². The Labute approximate surface area is 773 Å². The molecular formula is C104H100N22O5. The van der Waals surface area contributed by atoms with Crippen molar-refractivity contribution in [1.29, 1.82) is 0 Å². The van der Waals surface area contributed by atoms with Crippen LogP contribution >= 0.6 is 0 Å². The fourth-order valence-electron chi connectivity index (χ4n) is 19.4. The molecule has 27 heteroatoms. The zero-order valence-electron chi connectivity index (χ0n) is 86.7. The molecule has 20 aromatic rings. The predicted molar refractivity (Wildman–Crippen MR) is 526 cm³/mol. The minimum Gasteiger partial charge on any atom is -0.435 e.